The zero-order chi connectivity index (χ0) is 13.8. The molecule has 2 N–H and O–H groups in total. The fourth-order valence-electron chi connectivity index (χ4n) is 2.24. The molecule has 1 aliphatic rings. The molecule has 1 heterocycles. The van der Waals surface area contributed by atoms with Gasteiger partial charge in [-0.3, -0.25) is 4.90 Å². The molecule has 2 rings (SSSR count). The Morgan fingerprint density at radius 1 is 1.58 bits per heavy atom. The largest absolute Gasteiger partial charge is 0.389 e. The topological polar surface area (TPSA) is 29.3 Å². The van der Waals surface area contributed by atoms with Crippen LogP contribution in [0.15, 0.2) is 18.2 Å². The summed E-state index contributed by atoms with van der Waals surface area (Å²) in [7, 11) is 0. The summed E-state index contributed by atoms with van der Waals surface area (Å²) in [4.78, 5) is 2.88. The Hall–Kier alpha value is -0.290. The van der Waals surface area contributed by atoms with Gasteiger partial charge in [0.1, 0.15) is 4.99 Å². The van der Waals surface area contributed by atoms with Crippen LogP contribution in [0.25, 0.3) is 0 Å². The van der Waals surface area contributed by atoms with Crippen LogP contribution in [0.2, 0.25) is 5.02 Å². The number of nitrogens with zero attached hydrogens (tertiary/aromatic N) is 1. The molecule has 0 aromatic heterocycles. The molecule has 0 saturated carbocycles. The number of hydrogen-bond donors (Lipinski definition) is 1. The molecule has 1 fully saturated rings. The van der Waals surface area contributed by atoms with Crippen molar-refractivity contribution in [1.82, 2.24) is 4.90 Å². The minimum Gasteiger partial charge on any atom is -0.389 e. The van der Waals surface area contributed by atoms with E-state index in [0.29, 0.717) is 4.99 Å². The highest BCUT2D eigenvalue weighted by atomic mass is 35.5. The molecule has 0 bridgehead atoms. The van der Waals surface area contributed by atoms with Gasteiger partial charge in [0, 0.05) is 41.2 Å². The van der Waals surface area contributed by atoms with Crippen LogP contribution >= 0.6 is 35.6 Å². The van der Waals surface area contributed by atoms with Crippen LogP contribution in [0.4, 0.5) is 0 Å². The van der Waals surface area contributed by atoms with Gasteiger partial charge in [-0.05, 0) is 18.1 Å². The summed E-state index contributed by atoms with van der Waals surface area (Å²) >= 11 is 13.4. The van der Waals surface area contributed by atoms with Crippen molar-refractivity contribution in [3.63, 3.8) is 0 Å². The summed E-state index contributed by atoms with van der Waals surface area (Å²) in [6.07, 6.45) is 1.23. The second-order valence-electron chi connectivity index (χ2n) is 4.81. The van der Waals surface area contributed by atoms with E-state index < -0.39 is 0 Å². The van der Waals surface area contributed by atoms with Crippen molar-refractivity contribution in [3.8, 4) is 0 Å². The highest BCUT2D eigenvalue weighted by molar-refractivity contribution is 8.00. The van der Waals surface area contributed by atoms with E-state index >= 15 is 0 Å². The first-order valence-electron chi connectivity index (χ1n) is 6.52. The quantitative estimate of drug-likeness (QED) is 0.864. The molecule has 19 heavy (non-hydrogen) atoms. The van der Waals surface area contributed by atoms with Gasteiger partial charge in [0.25, 0.3) is 0 Å². The lowest BCUT2D eigenvalue weighted by Gasteiger charge is -2.32. The van der Waals surface area contributed by atoms with Gasteiger partial charge in [-0.15, -0.1) is 0 Å². The highest BCUT2D eigenvalue weighted by Crippen LogP contribution is 2.25. The van der Waals surface area contributed by atoms with Gasteiger partial charge >= 0.3 is 0 Å². The lowest BCUT2D eigenvalue weighted by molar-refractivity contribution is 0.273. The number of halogens is 1. The molecule has 1 atom stereocenters. The molecule has 0 amide bonds. The summed E-state index contributed by atoms with van der Waals surface area (Å²) in [5.41, 5.74) is 7.61. The maximum atomic E-state index is 6.32. The molecule has 5 heteroatoms. The summed E-state index contributed by atoms with van der Waals surface area (Å²) in [5, 5.41) is 1.51. The zero-order valence-electron chi connectivity index (χ0n) is 11.1. The summed E-state index contributed by atoms with van der Waals surface area (Å²) in [5.74, 6) is 1.21. The van der Waals surface area contributed by atoms with Crippen LogP contribution in [-0.4, -0.2) is 34.0 Å². The van der Waals surface area contributed by atoms with Crippen LogP contribution in [0.3, 0.4) is 0 Å². The standard InChI is InChI=1S/C14H19ClN2S2/c1-2-12-9-17(5-6-19-12)8-11-4-3-10(14(16)18)7-13(11)15/h3-4,7,12H,2,5-6,8-9H2,1H3,(H2,16,18). The maximum absolute atomic E-state index is 6.32. The summed E-state index contributed by atoms with van der Waals surface area (Å²) < 4.78 is 0. The van der Waals surface area contributed by atoms with Crippen molar-refractivity contribution in [2.75, 3.05) is 18.8 Å². The molecule has 0 aliphatic carbocycles. The van der Waals surface area contributed by atoms with Gasteiger partial charge in [0.05, 0.1) is 0 Å². The smallest absolute Gasteiger partial charge is 0.104 e. The molecule has 1 aliphatic heterocycles. The van der Waals surface area contributed by atoms with Crippen molar-refractivity contribution >= 4 is 40.6 Å². The van der Waals surface area contributed by atoms with E-state index in [1.54, 1.807) is 0 Å². The number of thiocarbonyl (C=S) groups is 1. The molecule has 104 valence electrons. The van der Waals surface area contributed by atoms with Gasteiger partial charge in [-0.2, -0.15) is 11.8 Å². The third-order valence-corrected chi connectivity index (χ3v) is 5.37. The Balaban J connectivity index is 2.04. The summed E-state index contributed by atoms with van der Waals surface area (Å²) in [6, 6.07) is 5.87. The average Bonchev–Trinajstić information content (AvgIpc) is 2.41. The first-order valence-corrected chi connectivity index (χ1v) is 8.36. The Morgan fingerprint density at radius 3 is 3.00 bits per heavy atom. The van der Waals surface area contributed by atoms with E-state index in [4.69, 9.17) is 29.6 Å². The van der Waals surface area contributed by atoms with Crippen molar-refractivity contribution in [2.24, 2.45) is 5.73 Å². The highest BCUT2D eigenvalue weighted by Gasteiger charge is 2.19. The van der Waals surface area contributed by atoms with Gasteiger partial charge in [0.15, 0.2) is 0 Å². The van der Waals surface area contributed by atoms with Crippen molar-refractivity contribution in [3.05, 3.63) is 34.3 Å². The Kier molecular flexibility index (Phi) is 5.51. The third kappa shape index (κ3) is 4.09. The molecular formula is C14H19ClN2S2. The predicted molar refractivity (Wildman–Crippen MR) is 89.2 cm³/mol. The minimum atomic E-state index is 0.397. The van der Waals surface area contributed by atoms with Gasteiger partial charge < -0.3 is 5.73 Å². The fraction of sp³-hybridized carbons (Fsp3) is 0.500. The molecule has 1 unspecified atom stereocenters. The van der Waals surface area contributed by atoms with E-state index in [1.807, 2.05) is 18.2 Å². The van der Waals surface area contributed by atoms with Crippen LogP contribution in [0.1, 0.15) is 24.5 Å². The monoisotopic (exact) mass is 314 g/mol. The molecule has 0 spiro atoms. The molecular weight excluding hydrogens is 296 g/mol. The second-order valence-corrected chi connectivity index (χ2v) is 7.06. The van der Waals surface area contributed by atoms with Gasteiger partial charge in [-0.25, -0.2) is 0 Å². The first-order chi connectivity index (χ1) is 9.10. The molecule has 2 nitrogen and oxygen atoms in total. The Bertz CT molecular complexity index is 465. The molecule has 1 aromatic carbocycles. The Labute approximate surface area is 129 Å². The van der Waals surface area contributed by atoms with E-state index in [2.05, 4.69) is 23.6 Å². The van der Waals surface area contributed by atoms with E-state index in [1.165, 1.54) is 12.2 Å². The Morgan fingerprint density at radius 2 is 2.37 bits per heavy atom. The fourth-order valence-corrected chi connectivity index (χ4v) is 3.86. The third-order valence-electron chi connectivity index (χ3n) is 3.41. The van der Waals surface area contributed by atoms with Gasteiger partial charge in [-0.1, -0.05) is 42.9 Å². The van der Waals surface area contributed by atoms with Crippen molar-refractivity contribution in [2.45, 2.75) is 25.1 Å². The maximum Gasteiger partial charge on any atom is 0.104 e. The average molecular weight is 315 g/mol. The first kappa shape index (κ1) is 15.1. The van der Waals surface area contributed by atoms with Crippen molar-refractivity contribution in [1.29, 1.82) is 0 Å². The van der Waals surface area contributed by atoms with Crippen LogP contribution in [-0.2, 0) is 6.54 Å². The SMILES string of the molecule is CCC1CN(Cc2ccc(C(N)=S)cc2Cl)CCS1. The van der Waals surface area contributed by atoms with Crippen LogP contribution in [0, 0.1) is 0 Å². The van der Waals surface area contributed by atoms with E-state index in [0.717, 1.165) is 41.0 Å². The number of nitrogens with two attached hydrogens (primary N) is 1. The minimum absolute atomic E-state index is 0.397. The zero-order valence-corrected chi connectivity index (χ0v) is 13.5. The number of rotatable bonds is 4. The van der Waals surface area contributed by atoms with Crippen LogP contribution in [0.5, 0.6) is 0 Å². The van der Waals surface area contributed by atoms with Crippen molar-refractivity contribution < 1.29 is 0 Å². The lowest BCUT2D eigenvalue weighted by Crippen LogP contribution is -2.37. The van der Waals surface area contributed by atoms with E-state index in [9.17, 15) is 0 Å². The molecule has 0 radical (unpaired) electrons. The second kappa shape index (κ2) is 6.93. The van der Waals surface area contributed by atoms with Gasteiger partial charge in [0.2, 0.25) is 0 Å². The molecule has 1 aromatic rings. The normalized spacial score (nSPS) is 20.4. The van der Waals surface area contributed by atoms with Crippen LogP contribution < -0.4 is 5.73 Å². The number of benzene rings is 1. The number of hydrogen-bond acceptors (Lipinski definition) is 3. The van der Waals surface area contributed by atoms with E-state index in [-0.39, 0.29) is 0 Å². The number of thioether (sulfide) groups is 1. The molecule has 1 saturated heterocycles. The summed E-state index contributed by atoms with van der Waals surface area (Å²) in [6.45, 7) is 5.45. The lowest BCUT2D eigenvalue weighted by atomic mass is 10.1. The predicted octanol–water partition coefficient (Wildman–Crippen LogP) is 3.30.